The number of thioether (sulfide) groups is 1. The summed E-state index contributed by atoms with van der Waals surface area (Å²) in [6, 6.07) is 13.3. The van der Waals surface area contributed by atoms with Crippen LogP contribution >= 0.6 is 27.7 Å². The van der Waals surface area contributed by atoms with Crippen LogP contribution in [0.5, 0.6) is 0 Å². The molecule has 8 nitrogen and oxygen atoms in total. The summed E-state index contributed by atoms with van der Waals surface area (Å²) in [5.41, 5.74) is 3.59. The standard InChI is InChI=1S/C25H23BrN4O4S/c26-17-6-3-14-4-8-22(32)30-12-19(23(17)24(14)30)27-9-1-2-16-11-29(25(33)34-16)15-5-7-20-18(10-15)28-21(31)13-35-20/h3-8,10,16,19,27H,1-2,9,11-13H2,(H,28,31)/t16-,19+/m1/s1. The maximum absolute atomic E-state index is 12.5. The van der Waals surface area contributed by atoms with Crippen LogP contribution in [-0.2, 0) is 16.1 Å². The molecule has 2 amide bonds. The fourth-order valence-electron chi connectivity index (χ4n) is 5.08. The number of benzene rings is 2. The number of aromatic nitrogens is 1. The van der Waals surface area contributed by atoms with Crippen LogP contribution in [0.25, 0.3) is 10.9 Å². The van der Waals surface area contributed by atoms with Gasteiger partial charge in [-0.25, -0.2) is 4.79 Å². The zero-order chi connectivity index (χ0) is 24.1. The summed E-state index contributed by atoms with van der Waals surface area (Å²) in [5.74, 6) is 0.372. The topological polar surface area (TPSA) is 92.7 Å². The maximum Gasteiger partial charge on any atom is 0.414 e. The summed E-state index contributed by atoms with van der Waals surface area (Å²) in [4.78, 5) is 39.2. The average Bonchev–Trinajstić information content (AvgIpc) is 3.42. The molecule has 6 rings (SSSR count). The van der Waals surface area contributed by atoms with E-state index in [1.807, 2.05) is 41.0 Å². The van der Waals surface area contributed by atoms with Crippen LogP contribution in [0.15, 0.2) is 56.6 Å². The van der Waals surface area contributed by atoms with Crippen molar-refractivity contribution in [1.82, 2.24) is 9.88 Å². The summed E-state index contributed by atoms with van der Waals surface area (Å²) in [7, 11) is 0. The van der Waals surface area contributed by atoms with Crippen molar-refractivity contribution in [2.24, 2.45) is 0 Å². The Morgan fingerprint density at radius 3 is 2.86 bits per heavy atom. The normalized spacial score (nSPS) is 20.8. The Morgan fingerprint density at radius 2 is 1.97 bits per heavy atom. The number of hydrogen-bond donors (Lipinski definition) is 2. The molecule has 1 aromatic heterocycles. The van der Waals surface area contributed by atoms with E-state index >= 15 is 0 Å². The maximum atomic E-state index is 12.5. The number of nitrogens with zero attached hydrogens (tertiary/aromatic N) is 2. The van der Waals surface area contributed by atoms with Crippen LogP contribution in [0.1, 0.15) is 24.4 Å². The third-order valence-corrected chi connectivity index (χ3v) is 8.49. The molecule has 0 spiro atoms. The average molecular weight is 555 g/mol. The Balaban J connectivity index is 1.06. The van der Waals surface area contributed by atoms with E-state index < -0.39 is 0 Å². The van der Waals surface area contributed by atoms with Crippen LogP contribution in [0.3, 0.4) is 0 Å². The van der Waals surface area contributed by atoms with Gasteiger partial charge in [-0.15, -0.1) is 11.8 Å². The van der Waals surface area contributed by atoms with Crippen LogP contribution < -0.4 is 21.1 Å². The van der Waals surface area contributed by atoms with Crippen molar-refractivity contribution in [3.05, 3.63) is 62.9 Å². The monoisotopic (exact) mass is 554 g/mol. The van der Waals surface area contributed by atoms with E-state index in [1.54, 1.807) is 11.0 Å². The number of fused-ring (bicyclic) bond motifs is 1. The third kappa shape index (κ3) is 4.13. The molecule has 0 radical (unpaired) electrons. The first-order valence-corrected chi connectivity index (χ1v) is 13.4. The second kappa shape index (κ2) is 9.00. The van der Waals surface area contributed by atoms with E-state index in [9.17, 15) is 14.4 Å². The number of amides is 2. The number of carbonyl (C=O) groups is 2. The third-order valence-electron chi connectivity index (χ3n) is 6.73. The molecule has 10 heteroatoms. The Morgan fingerprint density at radius 1 is 1.11 bits per heavy atom. The Kier molecular flexibility index (Phi) is 5.82. The number of rotatable bonds is 6. The first-order chi connectivity index (χ1) is 17.0. The minimum absolute atomic E-state index is 0.0134. The summed E-state index contributed by atoms with van der Waals surface area (Å²) >= 11 is 5.15. The molecule has 2 aromatic carbocycles. The van der Waals surface area contributed by atoms with Crippen molar-refractivity contribution in [3.8, 4) is 0 Å². The number of carbonyl (C=O) groups excluding carboxylic acids is 2. The van der Waals surface area contributed by atoms with E-state index in [1.165, 1.54) is 11.8 Å². The second-order valence-corrected chi connectivity index (χ2v) is 10.8. The lowest BCUT2D eigenvalue weighted by Gasteiger charge is -2.20. The van der Waals surface area contributed by atoms with Gasteiger partial charge in [0.05, 0.1) is 29.5 Å². The molecule has 2 atom stereocenters. The molecular formula is C25H23BrN4O4S. The lowest BCUT2D eigenvalue weighted by Crippen LogP contribution is -2.27. The van der Waals surface area contributed by atoms with E-state index in [-0.39, 0.29) is 29.7 Å². The molecule has 3 aliphatic rings. The largest absolute Gasteiger partial charge is 0.444 e. The van der Waals surface area contributed by atoms with Crippen LogP contribution in [0, 0.1) is 0 Å². The van der Waals surface area contributed by atoms with Gasteiger partial charge in [-0.1, -0.05) is 22.0 Å². The summed E-state index contributed by atoms with van der Waals surface area (Å²) in [6.07, 6.45) is 1.01. The molecule has 1 fully saturated rings. The number of pyridine rings is 1. The highest BCUT2D eigenvalue weighted by atomic mass is 79.9. The Labute approximate surface area is 214 Å². The molecule has 0 unspecified atom stereocenters. The lowest BCUT2D eigenvalue weighted by molar-refractivity contribution is -0.113. The molecule has 2 N–H and O–H groups in total. The Hall–Kier alpha value is -2.82. The van der Waals surface area contributed by atoms with Gasteiger partial charge in [0.1, 0.15) is 6.10 Å². The lowest BCUT2D eigenvalue weighted by atomic mass is 10.1. The highest BCUT2D eigenvalue weighted by molar-refractivity contribution is 9.10. The van der Waals surface area contributed by atoms with E-state index in [2.05, 4.69) is 26.6 Å². The summed E-state index contributed by atoms with van der Waals surface area (Å²) in [5, 5.41) is 7.52. The SMILES string of the molecule is O=C1CSc2ccc(N3C[C@@H](CCCN[C@H]4Cn5c(=O)ccc6ccc(Br)c4c65)OC3=O)cc2N1. The zero-order valence-electron chi connectivity index (χ0n) is 18.8. The number of nitrogens with one attached hydrogen (secondary N) is 2. The minimum Gasteiger partial charge on any atom is -0.444 e. The molecule has 0 aliphatic carbocycles. The van der Waals surface area contributed by atoms with Gasteiger partial charge >= 0.3 is 6.09 Å². The molecule has 35 heavy (non-hydrogen) atoms. The zero-order valence-corrected chi connectivity index (χ0v) is 21.2. The molecule has 180 valence electrons. The number of cyclic esters (lactones) is 1. The summed E-state index contributed by atoms with van der Waals surface area (Å²) in [6.45, 7) is 1.83. The predicted molar refractivity (Wildman–Crippen MR) is 139 cm³/mol. The number of anilines is 2. The first-order valence-electron chi connectivity index (χ1n) is 11.6. The van der Waals surface area contributed by atoms with Gasteiger partial charge in [0.15, 0.2) is 0 Å². The van der Waals surface area contributed by atoms with Crippen LogP contribution in [-0.4, -0.2) is 41.5 Å². The molecule has 1 saturated heterocycles. The van der Waals surface area contributed by atoms with E-state index in [0.717, 1.165) is 56.6 Å². The second-order valence-electron chi connectivity index (χ2n) is 8.96. The highest BCUT2D eigenvalue weighted by Crippen LogP contribution is 2.37. The molecule has 3 aromatic rings. The quantitative estimate of drug-likeness (QED) is 0.442. The highest BCUT2D eigenvalue weighted by Gasteiger charge is 2.33. The first kappa shape index (κ1) is 22.6. The van der Waals surface area contributed by atoms with Crippen molar-refractivity contribution in [2.75, 3.05) is 29.1 Å². The fraction of sp³-hybridized carbons (Fsp3) is 0.320. The summed E-state index contributed by atoms with van der Waals surface area (Å²) < 4.78 is 8.45. The fourth-order valence-corrected chi connectivity index (χ4v) is 6.46. The number of hydrogen-bond acceptors (Lipinski definition) is 6. The van der Waals surface area contributed by atoms with Crippen molar-refractivity contribution in [1.29, 1.82) is 0 Å². The number of halogens is 1. The molecule has 0 bridgehead atoms. The van der Waals surface area contributed by atoms with Crippen molar-refractivity contribution >= 4 is 62.0 Å². The molecule has 4 heterocycles. The predicted octanol–water partition coefficient (Wildman–Crippen LogP) is 4.26. The van der Waals surface area contributed by atoms with Crippen molar-refractivity contribution in [3.63, 3.8) is 0 Å². The minimum atomic E-state index is -0.362. The van der Waals surface area contributed by atoms with Gasteiger partial charge in [-0.2, -0.15) is 0 Å². The van der Waals surface area contributed by atoms with Crippen LogP contribution in [0.2, 0.25) is 0 Å². The van der Waals surface area contributed by atoms with E-state index in [4.69, 9.17) is 4.74 Å². The van der Waals surface area contributed by atoms with E-state index in [0.29, 0.717) is 18.8 Å². The number of ether oxygens (including phenoxy) is 1. The molecule has 0 saturated carbocycles. The van der Waals surface area contributed by atoms with Gasteiger partial charge < -0.3 is 19.9 Å². The van der Waals surface area contributed by atoms with Gasteiger partial charge in [-0.05, 0) is 55.1 Å². The Bertz CT molecular complexity index is 1420. The van der Waals surface area contributed by atoms with Crippen molar-refractivity contribution < 1.29 is 14.3 Å². The van der Waals surface area contributed by atoms with Gasteiger partial charge in [-0.3, -0.25) is 14.5 Å². The van der Waals surface area contributed by atoms with Gasteiger partial charge in [0.25, 0.3) is 5.56 Å². The smallest absolute Gasteiger partial charge is 0.414 e. The molecular weight excluding hydrogens is 532 g/mol. The van der Waals surface area contributed by atoms with Gasteiger partial charge in [0.2, 0.25) is 5.91 Å². The van der Waals surface area contributed by atoms with Gasteiger partial charge in [0, 0.05) is 33.2 Å². The molecule has 3 aliphatic heterocycles. The van der Waals surface area contributed by atoms with Crippen molar-refractivity contribution in [2.45, 2.75) is 36.4 Å². The van der Waals surface area contributed by atoms with Crippen LogP contribution in [0.4, 0.5) is 16.2 Å².